The summed E-state index contributed by atoms with van der Waals surface area (Å²) in [6, 6.07) is 61.6. The van der Waals surface area contributed by atoms with E-state index in [-0.39, 0.29) is 28.4 Å². The van der Waals surface area contributed by atoms with E-state index in [0.29, 0.717) is 0 Å². The molecule has 0 unspecified atom stereocenters. The zero-order chi connectivity index (χ0) is 50.4. The summed E-state index contributed by atoms with van der Waals surface area (Å²) in [5.74, 6) is 0. The summed E-state index contributed by atoms with van der Waals surface area (Å²) in [5.41, 5.74) is 19.4. The Hall–Kier alpha value is -6.62. The highest BCUT2D eigenvalue weighted by Gasteiger charge is 2.46. The summed E-state index contributed by atoms with van der Waals surface area (Å²) in [7, 11) is 0. The number of benzene rings is 9. The van der Waals surface area contributed by atoms with Crippen LogP contribution in [0, 0.1) is 0 Å². The van der Waals surface area contributed by atoms with Crippen LogP contribution in [-0.4, -0.2) is 6.71 Å². The minimum Gasteiger partial charge on any atom is -0.311 e. The summed E-state index contributed by atoms with van der Waals surface area (Å²) in [6.45, 7) is 30.6. The topological polar surface area (TPSA) is 6.48 Å². The minimum atomic E-state index is -0.0595. The van der Waals surface area contributed by atoms with Crippen LogP contribution in [0.3, 0.4) is 0 Å². The number of aryl methyl sites for hydroxylation is 1. The molecular weight excluding hydrogens is 888 g/mol. The molecule has 3 heterocycles. The molecule has 0 N–H and O–H groups in total. The van der Waals surface area contributed by atoms with Crippen molar-refractivity contribution in [3.8, 4) is 11.1 Å². The van der Waals surface area contributed by atoms with Gasteiger partial charge in [-0.1, -0.05) is 187 Å². The van der Waals surface area contributed by atoms with Crippen molar-refractivity contribution < 1.29 is 0 Å². The second-order valence-corrected chi connectivity index (χ2v) is 26.0. The molecule has 0 fully saturated rings. The minimum absolute atomic E-state index is 0.00147. The number of nitrogens with zero attached hydrogens (tertiary/aromatic N) is 2. The van der Waals surface area contributed by atoms with Gasteiger partial charge in [0.25, 0.3) is 6.71 Å². The van der Waals surface area contributed by atoms with Crippen molar-refractivity contribution in [2.24, 2.45) is 0 Å². The standard InChI is InChI=1S/C68H67BN2S/c1-14-41-26-33-58-56(36-41)69-62-59(70(45-30-32-54(67(8,9)10)55(40-45)68(11,12)13)63-53-39-44(66(5,6)7)29-35-61(53)72-64(63)69)24-19-25-60(62)71(58)57-34-28-43(65(2,3)4)38-51(57)42-27-31-50-48-22-16-15-20-46(48)47-21-17-18-23-49(47)52(50)37-42/h15-40H,14H2,1-13H3. The maximum Gasteiger partial charge on any atom is 0.264 e. The molecule has 0 radical (unpaired) electrons. The summed E-state index contributed by atoms with van der Waals surface area (Å²) >= 11 is 1.99. The second-order valence-electron chi connectivity index (χ2n) is 24.9. The van der Waals surface area contributed by atoms with Gasteiger partial charge in [-0.25, -0.2) is 0 Å². The fourth-order valence-electron chi connectivity index (χ4n) is 12.1. The monoisotopic (exact) mass is 955 g/mol. The van der Waals surface area contributed by atoms with Gasteiger partial charge in [-0.05, 0) is 165 Å². The quantitative estimate of drug-likeness (QED) is 0.128. The molecule has 72 heavy (non-hydrogen) atoms. The molecule has 2 aliphatic heterocycles. The van der Waals surface area contributed by atoms with Crippen LogP contribution in [0.4, 0.5) is 34.1 Å². The van der Waals surface area contributed by atoms with E-state index >= 15 is 0 Å². The van der Waals surface area contributed by atoms with Crippen molar-refractivity contribution in [3.63, 3.8) is 0 Å². The van der Waals surface area contributed by atoms with Crippen molar-refractivity contribution in [2.45, 2.75) is 118 Å². The zero-order valence-corrected chi connectivity index (χ0v) is 45.4. The lowest BCUT2D eigenvalue weighted by molar-refractivity contribution is 0.530. The first-order chi connectivity index (χ1) is 34.2. The first-order valence-corrected chi connectivity index (χ1v) is 27.1. The number of hydrogen-bond acceptors (Lipinski definition) is 3. The Bertz CT molecular complexity index is 3830. The molecule has 1 aromatic heterocycles. The van der Waals surface area contributed by atoms with Gasteiger partial charge >= 0.3 is 0 Å². The van der Waals surface area contributed by atoms with Gasteiger partial charge in [0, 0.05) is 43.2 Å². The third kappa shape index (κ3) is 7.26. The predicted molar refractivity (Wildman–Crippen MR) is 318 cm³/mol. The van der Waals surface area contributed by atoms with E-state index in [1.54, 1.807) is 0 Å². The van der Waals surface area contributed by atoms with Gasteiger partial charge in [-0.15, -0.1) is 11.3 Å². The average molecular weight is 955 g/mol. The molecule has 0 bridgehead atoms. The Labute approximate surface area is 432 Å². The van der Waals surface area contributed by atoms with E-state index in [4.69, 9.17) is 0 Å². The molecule has 0 atom stereocenters. The summed E-state index contributed by atoms with van der Waals surface area (Å²) < 4.78 is 2.75. The number of rotatable bonds is 4. The SMILES string of the molecule is CCc1ccc2c(c1)B1c3sc4ccc(C(C)(C)C)cc4c3N(c3ccc(C(C)(C)C)c(C(C)(C)C)c3)c3cccc(c31)N2c1ccc(C(C)(C)C)cc1-c1ccc2c3ccccc3c3ccccc3c2c1. The van der Waals surface area contributed by atoms with Crippen molar-refractivity contribution >= 4 is 110 Å². The Balaban J connectivity index is 1.16. The number of anilines is 6. The van der Waals surface area contributed by atoms with Crippen molar-refractivity contribution in [2.75, 3.05) is 9.80 Å². The maximum absolute atomic E-state index is 2.66. The van der Waals surface area contributed by atoms with E-state index in [1.165, 1.54) is 131 Å². The van der Waals surface area contributed by atoms with Crippen LogP contribution in [-0.2, 0) is 28.1 Å². The smallest absolute Gasteiger partial charge is 0.264 e. The Kier molecular flexibility index (Phi) is 10.4. The first kappa shape index (κ1) is 46.5. The van der Waals surface area contributed by atoms with E-state index in [2.05, 4.69) is 258 Å². The van der Waals surface area contributed by atoms with Gasteiger partial charge in [-0.2, -0.15) is 0 Å². The van der Waals surface area contributed by atoms with Crippen LogP contribution in [0.1, 0.15) is 118 Å². The normalized spacial score (nSPS) is 13.9. The van der Waals surface area contributed by atoms with E-state index in [0.717, 1.165) is 6.42 Å². The van der Waals surface area contributed by atoms with Gasteiger partial charge in [0.05, 0.1) is 11.4 Å². The van der Waals surface area contributed by atoms with Crippen molar-refractivity contribution in [3.05, 3.63) is 186 Å². The molecule has 0 amide bonds. The molecule has 12 rings (SSSR count). The van der Waals surface area contributed by atoms with E-state index in [1.807, 2.05) is 11.3 Å². The predicted octanol–water partition coefficient (Wildman–Crippen LogP) is 17.9. The average Bonchev–Trinajstić information content (AvgIpc) is 3.73. The highest BCUT2D eigenvalue weighted by atomic mass is 32.1. The molecule has 358 valence electrons. The van der Waals surface area contributed by atoms with Crippen LogP contribution >= 0.6 is 11.3 Å². The summed E-state index contributed by atoms with van der Waals surface area (Å²) in [5, 5.41) is 9.08. The van der Waals surface area contributed by atoms with Crippen LogP contribution in [0.5, 0.6) is 0 Å². The molecular formula is C68H67BN2S. The van der Waals surface area contributed by atoms with E-state index in [9.17, 15) is 0 Å². The fourth-order valence-corrected chi connectivity index (χ4v) is 13.4. The molecule has 10 aromatic rings. The van der Waals surface area contributed by atoms with Gasteiger partial charge in [0.1, 0.15) is 0 Å². The molecule has 2 aliphatic rings. The lowest BCUT2D eigenvalue weighted by Gasteiger charge is -2.44. The molecule has 4 heteroatoms. The molecule has 9 aromatic carbocycles. The van der Waals surface area contributed by atoms with E-state index < -0.39 is 0 Å². The molecule has 0 spiro atoms. The van der Waals surface area contributed by atoms with Gasteiger partial charge in [-0.3, -0.25) is 0 Å². The van der Waals surface area contributed by atoms with Gasteiger partial charge in [0.15, 0.2) is 0 Å². The molecule has 0 saturated heterocycles. The van der Waals surface area contributed by atoms with Crippen molar-refractivity contribution in [1.29, 1.82) is 0 Å². The summed E-state index contributed by atoms with van der Waals surface area (Å²) in [6.07, 6.45) is 0.968. The summed E-state index contributed by atoms with van der Waals surface area (Å²) in [4.78, 5) is 5.29. The highest BCUT2D eigenvalue weighted by molar-refractivity contribution is 7.33. The van der Waals surface area contributed by atoms with Crippen LogP contribution in [0.15, 0.2) is 158 Å². The van der Waals surface area contributed by atoms with Crippen LogP contribution < -0.4 is 25.5 Å². The van der Waals surface area contributed by atoms with Gasteiger partial charge < -0.3 is 9.80 Å². The maximum atomic E-state index is 2.66. The Morgan fingerprint density at radius 3 is 1.64 bits per heavy atom. The molecule has 2 nitrogen and oxygen atoms in total. The second kappa shape index (κ2) is 16.2. The Morgan fingerprint density at radius 1 is 0.431 bits per heavy atom. The largest absolute Gasteiger partial charge is 0.311 e. The van der Waals surface area contributed by atoms with Crippen molar-refractivity contribution in [1.82, 2.24) is 0 Å². The Morgan fingerprint density at radius 2 is 1.01 bits per heavy atom. The number of thiophene rings is 1. The third-order valence-corrected chi connectivity index (χ3v) is 17.2. The van der Waals surface area contributed by atoms with Crippen LogP contribution in [0.25, 0.3) is 53.5 Å². The first-order valence-electron chi connectivity index (χ1n) is 26.3. The number of fused-ring (bicyclic) bond motifs is 12. The molecule has 0 aliphatic carbocycles. The van der Waals surface area contributed by atoms with Crippen LogP contribution in [0.2, 0.25) is 0 Å². The fraction of sp³-hybridized carbons (Fsp3) is 0.265. The lowest BCUT2D eigenvalue weighted by Crippen LogP contribution is -2.60. The highest BCUT2D eigenvalue weighted by Crippen LogP contribution is 2.51. The third-order valence-electron chi connectivity index (χ3n) is 16.0. The zero-order valence-electron chi connectivity index (χ0n) is 44.6. The number of hydrogen-bond donors (Lipinski definition) is 0. The molecule has 0 saturated carbocycles. The lowest BCUT2D eigenvalue weighted by atomic mass is 9.36. The van der Waals surface area contributed by atoms with Gasteiger partial charge in [0.2, 0.25) is 0 Å².